The summed E-state index contributed by atoms with van der Waals surface area (Å²) in [6, 6.07) is 9.19. The Kier molecular flexibility index (Phi) is 6.22. The van der Waals surface area contributed by atoms with Crippen LogP contribution in [0.25, 0.3) is 0 Å². The number of carbonyl (C=O) groups excluding carboxylic acids is 5. The van der Waals surface area contributed by atoms with Crippen molar-refractivity contribution in [3.8, 4) is 0 Å². The minimum absolute atomic E-state index is 0.0568. The van der Waals surface area contributed by atoms with Gasteiger partial charge < -0.3 is 20.5 Å². The normalized spacial score (nSPS) is 13.5. The van der Waals surface area contributed by atoms with Gasteiger partial charge >= 0.3 is 11.9 Å². The Hall–Kier alpha value is -3.85. The van der Waals surface area contributed by atoms with Gasteiger partial charge in [-0.05, 0) is 26.8 Å². The number of ether oxygens (including phenoxy) is 2. The molecule has 2 aromatic carbocycles. The van der Waals surface area contributed by atoms with Crippen LogP contribution in [0.15, 0.2) is 42.5 Å². The molecule has 166 valence electrons. The quantitative estimate of drug-likeness (QED) is 0.452. The zero-order valence-electron chi connectivity index (χ0n) is 17.8. The first-order valence-electron chi connectivity index (χ1n) is 9.76. The number of anilines is 1. The van der Waals surface area contributed by atoms with E-state index in [1.807, 2.05) is 0 Å². The van der Waals surface area contributed by atoms with Crippen LogP contribution in [-0.2, 0) is 23.9 Å². The van der Waals surface area contributed by atoms with Gasteiger partial charge in [-0.1, -0.05) is 36.4 Å². The monoisotopic (exact) mass is 438 g/mol. The summed E-state index contributed by atoms with van der Waals surface area (Å²) in [5.41, 5.74) is 5.52. The van der Waals surface area contributed by atoms with Crippen molar-refractivity contribution < 1.29 is 33.4 Å². The average Bonchev–Trinajstić information content (AvgIpc) is 2.74. The maximum atomic E-state index is 12.9. The fourth-order valence-electron chi connectivity index (χ4n) is 3.12. The standard InChI is InChI=1S/C23H22N2O7/c1-23(2,3)32-22(30)18(24)21(29)31-11-16(26)25-15-10-6-9-14-17(15)20(28)13-8-5-4-7-12(13)19(14)27/h4-10,18H,11,24H2,1-3H3,(H,25,26). The second-order valence-electron chi connectivity index (χ2n) is 8.10. The molecule has 1 unspecified atom stereocenters. The summed E-state index contributed by atoms with van der Waals surface area (Å²) in [6.45, 7) is 4.09. The molecule has 9 heteroatoms. The van der Waals surface area contributed by atoms with Crippen LogP contribution in [0.4, 0.5) is 5.69 Å². The van der Waals surface area contributed by atoms with E-state index in [9.17, 15) is 24.0 Å². The fourth-order valence-corrected chi connectivity index (χ4v) is 3.12. The summed E-state index contributed by atoms with van der Waals surface area (Å²) in [5.74, 6) is -3.63. The lowest BCUT2D eigenvalue weighted by atomic mass is 9.83. The predicted molar refractivity (Wildman–Crippen MR) is 113 cm³/mol. The molecule has 9 nitrogen and oxygen atoms in total. The Morgan fingerprint density at radius 1 is 0.906 bits per heavy atom. The zero-order valence-corrected chi connectivity index (χ0v) is 17.8. The van der Waals surface area contributed by atoms with Gasteiger partial charge in [-0.25, -0.2) is 9.59 Å². The first kappa shape index (κ1) is 22.8. The van der Waals surface area contributed by atoms with Gasteiger partial charge in [0.05, 0.1) is 11.3 Å². The SMILES string of the molecule is CC(C)(C)OC(=O)C(N)C(=O)OCC(=O)Nc1cccc2c1C(=O)c1ccccc1C2=O. The lowest BCUT2D eigenvalue weighted by Gasteiger charge is -2.21. The molecule has 2 aromatic rings. The molecule has 1 amide bonds. The largest absolute Gasteiger partial charge is 0.458 e. The van der Waals surface area contributed by atoms with E-state index in [2.05, 4.69) is 5.32 Å². The van der Waals surface area contributed by atoms with E-state index in [0.717, 1.165) is 0 Å². The smallest absolute Gasteiger partial charge is 0.335 e. The maximum Gasteiger partial charge on any atom is 0.335 e. The minimum atomic E-state index is -1.71. The van der Waals surface area contributed by atoms with Crippen molar-refractivity contribution in [2.45, 2.75) is 32.4 Å². The predicted octanol–water partition coefficient (Wildman–Crippen LogP) is 1.61. The Labute approximate surface area is 183 Å². The van der Waals surface area contributed by atoms with Crippen LogP contribution in [0.5, 0.6) is 0 Å². The fraction of sp³-hybridized carbons (Fsp3) is 0.261. The summed E-state index contributed by atoms with van der Waals surface area (Å²) in [6.07, 6.45) is 0. The number of rotatable bonds is 5. The average molecular weight is 438 g/mol. The third kappa shape index (κ3) is 4.73. The Morgan fingerprint density at radius 3 is 2.12 bits per heavy atom. The summed E-state index contributed by atoms with van der Waals surface area (Å²) in [7, 11) is 0. The van der Waals surface area contributed by atoms with Gasteiger partial charge in [0.25, 0.3) is 5.91 Å². The molecule has 1 aliphatic rings. The van der Waals surface area contributed by atoms with Crippen LogP contribution in [0, 0.1) is 0 Å². The topological polar surface area (TPSA) is 142 Å². The Bertz CT molecular complexity index is 1130. The first-order valence-corrected chi connectivity index (χ1v) is 9.76. The minimum Gasteiger partial charge on any atom is -0.458 e. The molecule has 0 aliphatic heterocycles. The van der Waals surface area contributed by atoms with Gasteiger partial charge in [-0.15, -0.1) is 0 Å². The first-order chi connectivity index (χ1) is 15.0. The molecule has 3 N–H and O–H groups in total. The molecule has 0 fully saturated rings. The van der Waals surface area contributed by atoms with E-state index in [1.54, 1.807) is 39.0 Å². The van der Waals surface area contributed by atoms with Gasteiger partial charge in [0, 0.05) is 16.7 Å². The number of fused-ring (bicyclic) bond motifs is 2. The van der Waals surface area contributed by atoms with Gasteiger partial charge in [0.1, 0.15) is 5.60 Å². The third-order valence-corrected chi connectivity index (χ3v) is 4.49. The molecular weight excluding hydrogens is 416 g/mol. The molecular formula is C23H22N2O7. The number of hydrogen-bond acceptors (Lipinski definition) is 8. The van der Waals surface area contributed by atoms with Crippen molar-refractivity contribution >= 4 is 35.1 Å². The highest BCUT2D eigenvalue weighted by molar-refractivity contribution is 6.30. The number of carbonyl (C=O) groups is 5. The van der Waals surface area contributed by atoms with Crippen LogP contribution < -0.4 is 11.1 Å². The zero-order chi connectivity index (χ0) is 23.6. The molecule has 0 aromatic heterocycles. The highest BCUT2D eigenvalue weighted by atomic mass is 16.6. The summed E-state index contributed by atoms with van der Waals surface area (Å²) in [4.78, 5) is 61.8. The van der Waals surface area contributed by atoms with Crippen molar-refractivity contribution in [2.75, 3.05) is 11.9 Å². The molecule has 1 atom stereocenters. The maximum absolute atomic E-state index is 12.9. The van der Waals surface area contributed by atoms with Crippen LogP contribution >= 0.6 is 0 Å². The summed E-state index contributed by atoms with van der Waals surface area (Å²) < 4.78 is 9.79. The van der Waals surface area contributed by atoms with E-state index in [4.69, 9.17) is 15.2 Å². The lowest BCUT2D eigenvalue weighted by Crippen LogP contribution is -2.44. The van der Waals surface area contributed by atoms with Crippen molar-refractivity contribution in [1.29, 1.82) is 0 Å². The van der Waals surface area contributed by atoms with E-state index in [1.165, 1.54) is 24.3 Å². The molecule has 1 aliphatic carbocycles. The second-order valence-corrected chi connectivity index (χ2v) is 8.10. The van der Waals surface area contributed by atoms with Gasteiger partial charge in [0.15, 0.2) is 18.2 Å². The van der Waals surface area contributed by atoms with Crippen molar-refractivity contribution in [3.63, 3.8) is 0 Å². The van der Waals surface area contributed by atoms with Crippen molar-refractivity contribution in [2.24, 2.45) is 5.73 Å². The summed E-state index contributed by atoms with van der Waals surface area (Å²) in [5, 5.41) is 2.47. The Morgan fingerprint density at radius 2 is 1.50 bits per heavy atom. The molecule has 0 heterocycles. The van der Waals surface area contributed by atoms with Gasteiger partial charge in [0.2, 0.25) is 6.04 Å². The molecule has 0 saturated heterocycles. The number of esters is 2. The molecule has 0 spiro atoms. The van der Waals surface area contributed by atoms with Crippen molar-refractivity contribution in [3.05, 3.63) is 64.7 Å². The van der Waals surface area contributed by atoms with E-state index >= 15 is 0 Å². The van der Waals surface area contributed by atoms with Crippen LogP contribution in [0.1, 0.15) is 52.6 Å². The number of nitrogens with two attached hydrogens (primary N) is 1. The highest BCUT2D eigenvalue weighted by Crippen LogP contribution is 2.31. The van der Waals surface area contributed by atoms with E-state index < -0.39 is 41.9 Å². The Balaban J connectivity index is 1.70. The van der Waals surface area contributed by atoms with E-state index in [-0.39, 0.29) is 28.2 Å². The number of amides is 1. The van der Waals surface area contributed by atoms with Crippen molar-refractivity contribution in [1.82, 2.24) is 0 Å². The number of ketones is 2. The molecule has 3 rings (SSSR count). The van der Waals surface area contributed by atoms with Gasteiger partial charge in [-0.2, -0.15) is 0 Å². The van der Waals surface area contributed by atoms with Gasteiger partial charge in [-0.3, -0.25) is 14.4 Å². The van der Waals surface area contributed by atoms with Crippen LogP contribution in [-0.4, -0.2) is 47.7 Å². The van der Waals surface area contributed by atoms with E-state index in [0.29, 0.717) is 5.56 Å². The second kappa shape index (κ2) is 8.72. The number of nitrogens with one attached hydrogen (secondary N) is 1. The number of hydrogen-bond donors (Lipinski definition) is 2. The lowest BCUT2D eigenvalue weighted by molar-refractivity contribution is -0.164. The molecule has 0 radical (unpaired) electrons. The number of benzene rings is 2. The third-order valence-electron chi connectivity index (χ3n) is 4.49. The van der Waals surface area contributed by atoms with Crippen LogP contribution in [0.2, 0.25) is 0 Å². The summed E-state index contributed by atoms with van der Waals surface area (Å²) >= 11 is 0. The molecule has 32 heavy (non-hydrogen) atoms. The molecule has 0 bridgehead atoms. The molecule has 0 saturated carbocycles. The highest BCUT2D eigenvalue weighted by Gasteiger charge is 2.32. The van der Waals surface area contributed by atoms with Crippen LogP contribution in [0.3, 0.4) is 0 Å².